The third kappa shape index (κ3) is 7.10. The van der Waals surface area contributed by atoms with Gasteiger partial charge in [-0.1, -0.05) is 17.7 Å². The number of halogens is 1. The molecule has 2 aliphatic rings. The summed E-state index contributed by atoms with van der Waals surface area (Å²) in [6.45, 7) is 3.43. The molecule has 0 radical (unpaired) electrons. The zero-order chi connectivity index (χ0) is 30.5. The zero-order valence-electron chi connectivity index (χ0n) is 24.8. The Morgan fingerprint density at radius 3 is 2.72 bits per heavy atom. The van der Waals surface area contributed by atoms with Crippen molar-refractivity contribution in [3.63, 3.8) is 0 Å². The number of nitrogens with zero attached hydrogens (tertiary/aromatic N) is 5. The molecule has 12 nitrogen and oxygen atoms in total. The number of likely N-dealkylation sites (N-methyl/N-ethyl adjacent to an activating group) is 1. The van der Waals surface area contributed by atoms with Crippen LogP contribution in [0.4, 0.5) is 5.95 Å². The number of amides is 1. The summed E-state index contributed by atoms with van der Waals surface area (Å²) in [6.07, 6.45) is 5.86. The number of fused-ring (bicyclic) bond motifs is 1. The molecule has 1 aromatic carbocycles. The van der Waals surface area contributed by atoms with Gasteiger partial charge in [0.2, 0.25) is 11.9 Å². The van der Waals surface area contributed by atoms with E-state index in [0.29, 0.717) is 77.5 Å². The molecule has 1 unspecified atom stereocenters. The van der Waals surface area contributed by atoms with Crippen molar-refractivity contribution in [2.24, 2.45) is 0 Å². The topological polar surface area (TPSA) is 120 Å². The van der Waals surface area contributed by atoms with Crippen LogP contribution in [0.1, 0.15) is 6.42 Å². The summed E-state index contributed by atoms with van der Waals surface area (Å²) >= 11 is 6.68. The van der Waals surface area contributed by atoms with Gasteiger partial charge in [0, 0.05) is 61.1 Å². The Balaban J connectivity index is 1.40. The molecule has 2 saturated heterocycles. The SMILES string of the molecule is COc1cc(OC)c(Cl)c(-c2cc3cnc(NC4CCOC4)nc3n(CCOC3CN(C(=O)C=CCN(C)C)C3)c2=O)c1. The lowest BCUT2D eigenvalue weighted by atomic mass is 10.0. The fraction of sp³-hybridized carbons (Fsp3) is 0.467. The van der Waals surface area contributed by atoms with Crippen molar-refractivity contribution < 1.29 is 23.7 Å². The minimum absolute atomic E-state index is 0.0356. The molecule has 1 N–H and O–H groups in total. The van der Waals surface area contributed by atoms with Gasteiger partial charge < -0.3 is 34.1 Å². The van der Waals surface area contributed by atoms with Crippen molar-refractivity contribution >= 4 is 34.5 Å². The van der Waals surface area contributed by atoms with Gasteiger partial charge in [0.25, 0.3) is 5.56 Å². The van der Waals surface area contributed by atoms with E-state index in [1.807, 2.05) is 25.1 Å². The number of carbonyl (C=O) groups is 1. The van der Waals surface area contributed by atoms with Gasteiger partial charge in [-0.2, -0.15) is 4.98 Å². The van der Waals surface area contributed by atoms with E-state index in [-0.39, 0.29) is 36.8 Å². The van der Waals surface area contributed by atoms with Gasteiger partial charge >= 0.3 is 0 Å². The van der Waals surface area contributed by atoms with E-state index < -0.39 is 0 Å². The predicted molar refractivity (Wildman–Crippen MR) is 164 cm³/mol. The summed E-state index contributed by atoms with van der Waals surface area (Å²) in [5, 5.41) is 4.25. The molecule has 230 valence electrons. The minimum Gasteiger partial charge on any atom is -0.497 e. The van der Waals surface area contributed by atoms with E-state index in [0.717, 1.165) is 6.42 Å². The van der Waals surface area contributed by atoms with Crippen molar-refractivity contribution in [3.8, 4) is 22.6 Å². The number of carbonyl (C=O) groups excluding carboxylic acids is 1. The minimum atomic E-state index is -0.293. The number of benzene rings is 1. The number of pyridine rings is 1. The highest BCUT2D eigenvalue weighted by Crippen LogP contribution is 2.38. The summed E-state index contributed by atoms with van der Waals surface area (Å²) in [6, 6.07) is 5.21. The maximum Gasteiger partial charge on any atom is 0.260 e. The fourth-order valence-electron chi connectivity index (χ4n) is 5.00. The van der Waals surface area contributed by atoms with Crippen LogP contribution < -0.4 is 20.3 Å². The van der Waals surface area contributed by atoms with E-state index in [2.05, 4.69) is 10.3 Å². The van der Waals surface area contributed by atoms with Crippen LogP contribution in [0.3, 0.4) is 0 Å². The van der Waals surface area contributed by atoms with E-state index in [9.17, 15) is 9.59 Å². The molecule has 0 bridgehead atoms. The molecule has 2 fully saturated rings. The maximum absolute atomic E-state index is 14.0. The van der Waals surface area contributed by atoms with E-state index in [1.54, 1.807) is 39.9 Å². The van der Waals surface area contributed by atoms with Crippen LogP contribution >= 0.6 is 11.6 Å². The van der Waals surface area contributed by atoms with Gasteiger partial charge in [-0.25, -0.2) is 4.98 Å². The molecule has 0 spiro atoms. The van der Waals surface area contributed by atoms with Crippen LogP contribution in [0.5, 0.6) is 11.5 Å². The third-order valence-electron chi connectivity index (χ3n) is 7.41. The maximum atomic E-state index is 14.0. The van der Waals surface area contributed by atoms with Crippen molar-refractivity contribution in [1.29, 1.82) is 0 Å². The molecule has 1 amide bonds. The Bertz CT molecular complexity index is 1550. The second-order valence-corrected chi connectivity index (χ2v) is 11.2. The van der Waals surface area contributed by atoms with Gasteiger partial charge in [-0.3, -0.25) is 14.2 Å². The monoisotopic (exact) mass is 612 g/mol. The number of rotatable bonds is 12. The molecule has 43 heavy (non-hydrogen) atoms. The number of methoxy groups -OCH3 is 2. The lowest BCUT2D eigenvalue weighted by Crippen LogP contribution is -2.54. The molecule has 5 rings (SSSR count). The van der Waals surface area contributed by atoms with Crippen molar-refractivity contribution in [3.05, 3.63) is 51.9 Å². The van der Waals surface area contributed by atoms with Crippen LogP contribution in [0, 0.1) is 0 Å². The molecular formula is C30H37ClN6O6. The molecule has 0 aliphatic carbocycles. The summed E-state index contributed by atoms with van der Waals surface area (Å²) in [5.41, 5.74) is 1.00. The smallest absolute Gasteiger partial charge is 0.260 e. The zero-order valence-corrected chi connectivity index (χ0v) is 25.6. The third-order valence-corrected chi connectivity index (χ3v) is 7.80. The number of ether oxygens (including phenoxy) is 4. The van der Waals surface area contributed by atoms with Crippen LogP contribution in [-0.2, 0) is 20.8 Å². The van der Waals surface area contributed by atoms with Gasteiger partial charge in [0.15, 0.2) is 0 Å². The Kier molecular flexibility index (Phi) is 9.81. The lowest BCUT2D eigenvalue weighted by molar-refractivity contribution is -0.139. The largest absolute Gasteiger partial charge is 0.497 e. The Morgan fingerprint density at radius 2 is 2.02 bits per heavy atom. The summed E-state index contributed by atoms with van der Waals surface area (Å²) in [5.74, 6) is 1.27. The van der Waals surface area contributed by atoms with E-state index in [1.165, 1.54) is 14.2 Å². The average molecular weight is 613 g/mol. The van der Waals surface area contributed by atoms with Crippen LogP contribution in [0.15, 0.2) is 41.3 Å². The molecule has 2 aliphatic heterocycles. The number of nitrogens with one attached hydrogen (secondary N) is 1. The summed E-state index contributed by atoms with van der Waals surface area (Å²) < 4.78 is 24.0. The normalized spacial score (nSPS) is 17.2. The Morgan fingerprint density at radius 1 is 1.21 bits per heavy atom. The Hall–Kier alpha value is -3.71. The molecule has 4 heterocycles. The van der Waals surface area contributed by atoms with Crippen molar-refractivity contribution in [2.75, 3.05) is 73.1 Å². The number of hydrogen-bond acceptors (Lipinski definition) is 10. The predicted octanol–water partition coefficient (Wildman–Crippen LogP) is 2.68. The first kappa shape index (κ1) is 30.7. The highest BCUT2D eigenvalue weighted by atomic mass is 35.5. The molecule has 3 aromatic rings. The highest BCUT2D eigenvalue weighted by Gasteiger charge is 2.30. The summed E-state index contributed by atoms with van der Waals surface area (Å²) in [7, 11) is 6.94. The van der Waals surface area contributed by atoms with E-state index in [4.69, 9.17) is 35.5 Å². The van der Waals surface area contributed by atoms with Crippen molar-refractivity contribution in [2.45, 2.75) is 25.1 Å². The Labute approximate surface area is 255 Å². The number of likely N-dealkylation sites (tertiary alicyclic amines) is 1. The van der Waals surface area contributed by atoms with Crippen LogP contribution in [0.2, 0.25) is 5.02 Å². The average Bonchev–Trinajstić information content (AvgIpc) is 3.48. The molecule has 1 atom stereocenters. The molecular weight excluding hydrogens is 576 g/mol. The number of aromatic nitrogens is 3. The van der Waals surface area contributed by atoms with Crippen LogP contribution in [0.25, 0.3) is 22.2 Å². The van der Waals surface area contributed by atoms with E-state index >= 15 is 0 Å². The van der Waals surface area contributed by atoms with Gasteiger partial charge in [-0.15, -0.1) is 0 Å². The first-order valence-corrected chi connectivity index (χ1v) is 14.5. The van der Waals surface area contributed by atoms with Gasteiger partial charge in [0.05, 0.1) is 51.1 Å². The number of anilines is 1. The number of hydrogen-bond donors (Lipinski definition) is 1. The molecule has 0 saturated carbocycles. The summed E-state index contributed by atoms with van der Waals surface area (Å²) in [4.78, 5) is 39.3. The molecule has 13 heteroatoms. The second kappa shape index (κ2) is 13.7. The first-order valence-electron chi connectivity index (χ1n) is 14.2. The highest BCUT2D eigenvalue weighted by molar-refractivity contribution is 6.35. The lowest BCUT2D eigenvalue weighted by Gasteiger charge is -2.38. The standard InChI is InChI=1S/C30H37ClN6O6/c1-35(2)8-5-6-26(38)36-16-22(17-36)43-11-9-37-28-19(15-32-30(34-28)33-20-7-10-42-18-20)12-24(29(37)39)23-13-21(40-3)14-25(41-4)27(23)31/h5-6,12-15,20,22H,7-11,16-18H2,1-4H3,(H,32,33,34). The van der Waals surface area contributed by atoms with Gasteiger partial charge in [-0.05, 0) is 32.6 Å². The second-order valence-electron chi connectivity index (χ2n) is 10.8. The molecule has 2 aromatic heterocycles. The van der Waals surface area contributed by atoms with Gasteiger partial charge in [0.1, 0.15) is 17.1 Å². The van der Waals surface area contributed by atoms with Crippen LogP contribution in [-0.4, -0.2) is 110 Å². The fourth-order valence-corrected chi connectivity index (χ4v) is 5.29. The quantitative estimate of drug-likeness (QED) is 0.306. The first-order chi connectivity index (χ1) is 20.8. The van der Waals surface area contributed by atoms with Crippen molar-refractivity contribution in [1.82, 2.24) is 24.3 Å².